The summed E-state index contributed by atoms with van der Waals surface area (Å²) in [6.45, 7) is 3.44. The zero-order chi connectivity index (χ0) is 21.7. The molecule has 0 bridgehead atoms. The van der Waals surface area contributed by atoms with Crippen molar-refractivity contribution in [3.05, 3.63) is 65.0 Å². The van der Waals surface area contributed by atoms with Gasteiger partial charge in [-0.15, -0.1) is 0 Å². The van der Waals surface area contributed by atoms with Gasteiger partial charge in [-0.05, 0) is 56.3 Å². The molecule has 0 radical (unpaired) electrons. The number of amides is 2. The van der Waals surface area contributed by atoms with Gasteiger partial charge in [-0.2, -0.15) is 0 Å². The second-order valence-electron chi connectivity index (χ2n) is 6.87. The molecule has 0 saturated carbocycles. The van der Waals surface area contributed by atoms with Crippen LogP contribution in [-0.4, -0.2) is 31.7 Å². The summed E-state index contributed by atoms with van der Waals surface area (Å²) in [5.74, 6) is 0.111. The molecule has 156 valence electrons. The number of urea groups is 1. The van der Waals surface area contributed by atoms with Crippen LogP contribution >= 0.6 is 0 Å². The fourth-order valence-electron chi connectivity index (χ4n) is 2.63. The molecule has 0 unspecified atom stereocenters. The van der Waals surface area contributed by atoms with Crippen molar-refractivity contribution in [3.63, 3.8) is 0 Å². The lowest BCUT2D eigenvalue weighted by atomic mass is 10.2. The Bertz CT molecular complexity index is 1100. The Balaban J connectivity index is 1.56. The summed E-state index contributed by atoms with van der Waals surface area (Å²) in [5.41, 5.74) is 0.561. The maximum absolute atomic E-state index is 12.1. The van der Waals surface area contributed by atoms with Gasteiger partial charge in [-0.25, -0.2) is 14.4 Å². The van der Waals surface area contributed by atoms with Gasteiger partial charge in [0.2, 0.25) is 0 Å². The Morgan fingerprint density at radius 3 is 2.40 bits per heavy atom. The first-order valence-electron chi connectivity index (χ1n) is 9.33. The smallest absolute Gasteiger partial charge is 0.349 e. The molecular weight excluding hydrogens is 388 g/mol. The highest BCUT2D eigenvalue weighted by Crippen LogP contribution is 2.21. The second-order valence-corrected chi connectivity index (χ2v) is 6.87. The maximum Gasteiger partial charge on any atom is 0.349 e. The molecule has 0 aliphatic carbocycles. The van der Waals surface area contributed by atoms with Crippen LogP contribution in [0.15, 0.2) is 63.8 Å². The number of rotatable bonds is 6. The molecule has 30 heavy (non-hydrogen) atoms. The van der Waals surface area contributed by atoms with E-state index in [4.69, 9.17) is 13.9 Å². The summed E-state index contributed by atoms with van der Waals surface area (Å²) in [4.78, 5) is 36.9. The Morgan fingerprint density at radius 2 is 1.70 bits per heavy atom. The number of esters is 1. The number of carbonyl (C=O) groups is 2. The zero-order valence-electron chi connectivity index (χ0n) is 16.9. The highest BCUT2D eigenvalue weighted by molar-refractivity contribution is 5.91. The van der Waals surface area contributed by atoms with E-state index in [9.17, 15) is 14.4 Å². The van der Waals surface area contributed by atoms with E-state index < -0.39 is 11.6 Å². The molecule has 1 aromatic heterocycles. The van der Waals surface area contributed by atoms with Crippen LogP contribution in [0.2, 0.25) is 0 Å². The maximum atomic E-state index is 12.1. The summed E-state index contributed by atoms with van der Waals surface area (Å²) in [6, 6.07) is 14.3. The van der Waals surface area contributed by atoms with Crippen molar-refractivity contribution >= 4 is 28.7 Å². The number of anilines is 1. The average Bonchev–Trinajstić information content (AvgIpc) is 2.71. The molecule has 1 heterocycles. The summed E-state index contributed by atoms with van der Waals surface area (Å²) < 4.78 is 15.8. The molecule has 0 aliphatic rings. The lowest BCUT2D eigenvalue weighted by molar-refractivity contribution is -0.136. The molecule has 2 aromatic carbocycles. The van der Waals surface area contributed by atoms with E-state index in [0.717, 1.165) is 5.39 Å². The van der Waals surface area contributed by atoms with Gasteiger partial charge in [-0.1, -0.05) is 0 Å². The molecule has 8 heteroatoms. The highest BCUT2D eigenvalue weighted by atomic mass is 16.6. The van der Waals surface area contributed by atoms with Gasteiger partial charge in [0.15, 0.2) is 6.61 Å². The number of carbonyl (C=O) groups excluding carboxylic acids is 2. The van der Waals surface area contributed by atoms with E-state index in [-0.39, 0.29) is 18.7 Å². The van der Waals surface area contributed by atoms with Crippen molar-refractivity contribution in [2.45, 2.75) is 19.9 Å². The van der Waals surface area contributed by atoms with Gasteiger partial charge >= 0.3 is 17.6 Å². The summed E-state index contributed by atoms with van der Waals surface area (Å²) in [6.07, 6.45) is 0. The van der Waals surface area contributed by atoms with Crippen molar-refractivity contribution in [1.82, 2.24) is 5.32 Å². The standard InChI is InChI=1S/C22H22N2O6/c1-14(2)23-22(27)24(3)16-6-9-17(10-7-16)29-21(26)13-28-18-8-4-15-5-11-20(25)30-19(15)12-18/h4-12,14H,13H2,1-3H3,(H,23,27). The van der Waals surface area contributed by atoms with Crippen molar-refractivity contribution in [2.24, 2.45) is 0 Å². The fraction of sp³-hybridized carbons (Fsp3) is 0.227. The Kier molecular flexibility index (Phi) is 6.36. The van der Waals surface area contributed by atoms with E-state index in [1.165, 1.54) is 17.0 Å². The molecular formula is C22H22N2O6. The molecule has 8 nitrogen and oxygen atoms in total. The lowest BCUT2D eigenvalue weighted by Gasteiger charge is -2.20. The second kappa shape index (κ2) is 9.13. The molecule has 1 N–H and O–H groups in total. The van der Waals surface area contributed by atoms with Crippen LogP contribution in [0.1, 0.15) is 13.8 Å². The number of fused-ring (bicyclic) bond motifs is 1. The molecule has 3 aromatic rings. The number of benzene rings is 2. The van der Waals surface area contributed by atoms with E-state index >= 15 is 0 Å². The van der Waals surface area contributed by atoms with Gasteiger partial charge in [-0.3, -0.25) is 4.90 Å². The first-order chi connectivity index (χ1) is 14.3. The predicted molar refractivity (Wildman–Crippen MR) is 112 cm³/mol. The number of nitrogens with one attached hydrogen (secondary N) is 1. The summed E-state index contributed by atoms with van der Waals surface area (Å²) in [5, 5.41) is 3.54. The van der Waals surface area contributed by atoms with Crippen LogP contribution in [0.5, 0.6) is 11.5 Å². The van der Waals surface area contributed by atoms with Gasteiger partial charge in [0.1, 0.15) is 17.1 Å². The Hall–Kier alpha value is -3.81. The normalized spacial score (nSPS) is 10.7. The predicted octanol–water partition coefficient (Wildman–Crippen LogP) is 3.33. The zero-order valence-corrected chi connectivity index (χ0v) is 16.9. The molecule has 3 rings (SSSR count). The number of hydrogen-bond donors (Lipinski definition) is 1. The van der Waals surface area contributed by atoms with Crippen LogP contribution < -0.4 is 25.3 Å². The van der Waals surface area contributed by atoms with Gasteiger partial charge in [0, 0.05) is 36.3 Å². The van der Waals surface area contributed by atoms with Gasteiger partial charge in [0.05, 0.1) is 0 Å². The first kappa shape index (κ1) is 20.9. The van der Waals surface area contributed by atoms with Crippen molar-refractivity contribution in [2.75, 3.05) is 18.6 Å². The fourth-order valence-corrected chi connectivity index (χ4v) is 2.63. The largest absolute Gasteiger partial charge is 0.482 e. The van der Waals surface area contributed by atoms with E-state index in [2.05, 4.69) is 5.32 Å². The molecule has 2 amide bonds. The first-order valence-corrected chi connectivity index (χ1v) is 9.33. The topological polar surface area (TPSA) is 98.1 Å². The SMILES string of the molecule is CC(C)NC(=O)N(C)c1ccc(OC(=O)COc2ccc3ccc(=O)oc3c2)cc1. The lowest BCUT2D eigenvalue weighted by Crippen LogP contribution is -2.40. The number of nitrogens with zero attached hydrogens (tertiary/aromatic N) is 1. The van der Waals surface area contributed by atoms with E-state index in [0.29, 0.717) is 22.8 Å². The molecule has 0 saturated heterocycles. The minimum atomic E-state index is -0.594. The van der Waals surface area contributed by atoms with E-state index in [1.807, 2.05) is 13.8 Å². The van der Waals surface area contributed by atoms with Crippen molar-refractivity contribution < 1.29 is 23.5 Å². The summed E-state index contributed by atoms with van der Waals surface area (Å²) in [7, 11) is 1.65. The van der Waals surface area contributed by atoms with Gasteiger partial charge < -0.3 is 19.2 Å². The molecule has 0 aliphatic heterocycles. The number of hydrogen-bond acceptors (Lipinski definition) is 6. The van der Waals surface area contributed by atoms with Gasteiger partial charge in [0.25, 0.3) is 0 Å². The minimum absolute atomic E-state index is 0.0267. The third-order valence-corrected chi connectivity index (χ3v) is 4.12. The molecule has 0 fully saturated rings. The van der Waals surface area contributed by atoms with Crippen molar-refractivity contribution in [1.29, 1.82) is 0 Å². The highest BCUT2D eigenvalue weighted by Gasteiger charge is 2.12. The Morgan fingerprint density at radius 1 is 1.03 bits per heavy atom. The van der Waals surface area contributed by atoms with Crippen LogP contribution in [0, 0.1) is 0 Å². The average molecular weight is 410 g/mol. The monoisotopic (exact) mass is 410 g/mol. The quantitative estimate of drug-likeness (QED) is 0.380. The third-order valence-electron chi connectivity index (χ3n) is 4.12. The summed E-state index contributed by atoms with van der Waals surface area (Å²) >= 11 is 0. The van der Waals surface area contributed by atoms with Crippen LogP contribution in [0.4, 0.5) is 10.5 Å². The third kappa shape index (κ3) is 5.38. The minimum Gasteiger partial charge on any atom is -0.482 e. The molecule has 0 spiro atoms. The van der Waals surface area contributed by atoms with Crippen molar-refractivity contribution in [3.8, 4) is 11.5 Å². The van der Waals surface area contributed by atoms with Crippen LogP contribution in [0.25, 0.3) is 11.0 Å². The van der Waals surface area contributed by atoms with E-state index in [1.54, 1.807) is 49.5 Å². The molecule has 0 atom stereocenters. The van der Waals surface area contributed by atoms with Crippen LogP contribution in [0.3, 0.4) is 0 Å². The number of ether oxygens (including phenoxy) is 2. The Labute approximate surface area is 173 Å². The van der Waals surface area contributed by atoms with Crippen LogP contribution in [-0.2, 0) is 4.79 Å².